The van der Waals surface area contributed by atoms with Crippen LogP contribution in [-0.4, -0.2) is 85.8 Å². The van der Waals surface area contributed by atoms with Crippen molar-refractivity contribution in [2.24, 2.45) is 0 Å². The minimum atomic E-state index is -0.0203. The monoisotopic (exact) mass is 358 g/mol. The highest BCUT2D eigenvalue weighted by molar-refractivity contribution is 5.92. The SMILES string of the molecule is O=C(c1cn(CCN2CCNCC2)nn1)N1CCC[C@H]1Cn1cccn1. The molecule has 26 heavy (non-hydrogen) atoms. The molecule has 9 nitrogen and oxygen atoms in total. The molecule has 1 atom stereocenters. The molecule has 140 valence electrons. The van der Waals surface area contributed by atoms with Crippen LogP contribution >= 0.6 is 0 Å². The topological polar surface area (TPSA) is 84.1 Å². The van der Waals surface area contributed by atoms with Gasteiger partial charge in [-0.05, 0) is 18.9 Å². The molecule has 1 amide bonds. The lowest BCUT2D eigenvalue weighted by Crippen LogP contribution is -2.44. The molecule has 9 heteroatoms. The van der Waals surface area contributed by atoms with Gasteiger partial charge in [-0.25, -0.2) is 0 Å². The third-order valence-electron chi connectivity index (χ3n) is 5.21. The van der Waals surface area contributed by atoms with Crippen molar-refractivity contribution >= 4 is 5.91 Å². The van der Waals surface area contributed by atoms with E-state index in [1.54, 1.807) is 17.1 Å². The van der Waals surface area contributed by atoms with Crippen LogP contribution in [0.15, 0.2) is 24.7 Å². The Balaban J connectivity index is 1.34. The van der Waals surface area contributed by atoms with Crippen molar-refractivity contribution in [2.45, 2.75) is 32.0 Å². The van der Waals surface area contributed by atoms with Gasteiger partial charge in [0.15, 0.2) is 5.69 Å². The molecule has 2 aliphatic heterocycles. The van der Waals surface area contributed by atoms with E-state index in [2.05, 4.69) is 25.6 Å². The van der Waals surface area contributed by atoms with E-state index < -0.39 is 0 Å². The van der Waals surface area contributed by atoms with Crippen LogP contribution in [0.1, 0.15) is 23.3 Å². The van der Waals surface area contributed by atoms with Crippen LogP contribution in [0.4, 0.5) is 0 Å². The molecule has 1 N–H and O–H groups in total. The van der Waals surface area contributed by atoms with Crippen LogP contribution in [-0.2, 0) is 13.1 Å². The van der Waals surface area contributed by atoms with Gasteiger partial charge in [-0.15, -0.1) is 5.10 Å². The number of hydrogen-bond acceptors (Lipinski definition) is 6. The lowest BCUT2D eigenvalue weighted by molar-refractivity contribution is 0.0715. The van der Waals surface area contributed by atoms with Gasteiger partial charge in [0, 0.05) is 51.7 Å². The molecule has 0 bridgehead atoms. The normalized spacial score (nSPS) is 21.4. The molecular weight excluding hydrogens is 332 g/mol. The molecule has 0 aliphatic carbocycles. The zero-order chi connectivity index (χ0) is 17.8. The Morgan fingerprint density at radius 2 is 2.08 bits per heavy atom. The average molecular weight is 358 g/mol. The van der Waals surface area contributed by atoms with Crippen molar-refractivity contribution in [1.29, 1.82) is 0 Å². The Bertz CT molecular complexity index is 706. The number of nitrogens with one attached hydrogen (secondary N) is 1. The second-order valence-electron chi connectivity index (χ2n) is 6.98. The summed E-state index contributed by atoms with van der Waals surface area (Å²) in [5.74, 6) is -0.0203. The van der Waals surface area contributed by atoms with Gasteiger partial charge < -0.3 is 10.2 Å². The molecule has 0 saturated carbocycles. The summed E-state index contributed by atoms with van der Waals surface area (Å²) in [6, 6.07) is 2.08. The molecule has 2 aromatic heterocycles. The van der Waals surface area contributed by atoms with Gasteiger partial charge >= 0.3 is 0 Å². The van der Waals surface area contributed by atoms with Crippen molar-refractivity contribution in [3.63, 3.8) is 0 Å². The maximum Gasteiger partial charge on any atom is 0.276 e. The number of likely N-dealkylation sites (tertiary alicyclic amines) is 1. The number of piperazine rings is 1. The predicted molar refractivity (Wildman–Crippen MR) is 95.6 cm³/mol. The number of aromatic nitrogens is 5. The number of nitrogens with zero attached hydrogens (tertiary/aromatic N) is 7. The Morgan fingerprint density at radius 3 is 2.88 bits per heavy atom. The van der Waals surface area contributed by atoms with Crippen molar-refractivity contribution in [1.82, 2.24) is 39.9 Å². The number of hydrogen-bond donors (Lipinski definition) is 1. The summed E-state index contributed by atoms with van der Waals surface area (Å²) in [7, 11) is 0. The summed E-state index contributed by atoms with van der Waals surface area (Å²) in [5, 5.41) is 15.9. The third kappa shape index (κ3) is 3.94. The second-order valence-corrected chi connectivity index (χ2v) is 6.98. The summed E-state index contributed by atoms with van der Waals surface area (Å²) in [6.45, 7) is 7.39. The first kappa shape index (κ1) is 17.2. The van der Waals surface area contributed by atoms with Gasteiger partial charge in [-0.3, -0.25) is 19.1 Å². The molecule has 2 aromatic rings. The molecule has 0 radical (unpaired) electrons. The summed E-state index contributed by atoms with van der Waals surface area (Å²) in [4.78, 5) is 17.2. The Morgan fingerprint density at radius 1 is 1.19 bits per heavy atom. The van der Waals surface area contributed by atoms with Gasteiger partial charge in [0.2, 0.25) is 0 Å². The van der Waals surface area contributed by atoms with Crippen LogP contribution in [0, 0.1) is 0 Å². The maximum absolute atomic E-state index is 12.9. The van der Waals surface area contributed by atoms with E-state index in [4.69, 9.17) is 0 Å². The molecule has 0 unspecified atom stereocenters. The van der Waals surface area contributed by atoms with Gasteiger partial charge in [0.05, 0.1) is 25.3 Å². The van der Waals surface area contributed by atoms with Gasteiger partial charge in [-0.1, -0.05) is 5.21 Å². The van der Waals surface area contributed by atoms with Crippen LogP contribution in [0.25, 0.3) is 0 Å². The quantitative estimate of drug-likeness (QED) is 0.762. The summed E-state index contributed by atoms with van der Waals surface area (Å²) in [5.41, 5.74) is 0.442. The molecular formula is C17H26N8O. The summed E-state index contributed by atoms with van der Waals surface area (Å²) >= 11 is 0. The number of carbonyl (C=O) groups excluding carboxylic acids is 1. The summed E-state index contributed by atoms with van der Waals surface area (Å²) in [6.07, 6.45) is 7.52. The van der Waals surface area contributed by atoms with Gasteiger partial charge in [-0.2, -0.15) is 5.10 Å². The fraction of sp³-hybridized carbons (Fsp3) is 0.647. The van der Waals surface area contributed by atoms with E-state index in [9.17, 15) is 4.79 Å². The largest absolute Gasteiger partial charge is 0.332 e. The molecule has 0 aromatic carbocycles. The molecule has 2 saturated heterocycles. The summed E-state index contributed by atoms with van der Waals surface area (Å²) < 4.78 is 3.68. The fourth-order valence-corrected chi connectivity index (χ4v) is 3.75. The molecule has 2 fully saturated rings. The van der Waals surface area contributed by atoms with Crippen molar-refractivity contribution in [2.75, 3.05) is 39.3 Å². The van der Waals surface area contributed by atoms with Crippen LogP contribution in [0.2, 0.25) is 0 Å². The average Bonchev–Trinajstić information content (AvgIpc) is 3.43. The standard InChI is InChI=1S/C17H26N8O/c26-17(25-8-1-3-15(25)13-23-7-2-4-19-23)16-14-24(21-20-16)12-11-22-9-5-18-6-10-22/h2,4,7,14-15,18H,1,3,5-6,8-13H2/t15-/m0/s1. The van der Waals surface area contributed by atoms with Crippen LogP contribution < -0.4 is 5.32 Å². The highest BCUT2D eigenvalue weighted by atomic mass is 16.2. The zero-order valence-electron chi connectivity index (χ0n) is 15.0. The minimum absolute atomic E-state index is 0.0203. The van der Waals surface area contributed by atoms with E-state index >= 15 is 0 Å². The maximum atomic E-state index is 12.9. The lowest BCUT2D eigenvalue weighted by Gasteiger charge is -2.26. The zero-order valence-corrected chi connectivity index (χ0v) is 15.0. The highest BCUT2D eigenvalue weighted by Gasteiger charge is 2.31. The van der Waals surface area contributed by atoms with E-state index in [1.165, 1.54) is 0 Å². The molecule has 4 rings (SSSR count). The van der Waals surface area contributed by atoms with E-state index in [0.717, 1.165) is 65.2 Å². The van der Waals surface area contributed by atoms with Crippen molar-refractivity contribution < 1.29 is 4.79 Å². The molecule has 2 aliphatic rings. The van der Waals surface area contributed by atoms with Crippen LogP contribution in [0.3, 0.4) is 0 Å². The van der Waals surface area contributed by atoms with Crippen LogP contribution in [0.5, 0.6) is 0 Å². The van der Waals surface area contributed by atoms with Gasteiger partial charge in [0.1, 0.15) is 0 Å². The van der Waals surface area contributed by atoms with E-state index in [0.29, 0.717) is 5.69 Å². The van der Waals surface area contributed by atoms with Gasteiger partial charge in [0.25, 0.3) is 5.91 Å². The molecule has 0 spiro atoms. The Labute approximate surface area is 152 Å². The Hall–Kier alpha value is -2.26. The number of amides is 1. The smallest absolute Gasteiger partial charge is 0.276 e. The number of carbonyl (C=O) groups is 1. The van der Waals surface area contributed by atoms with E-state index in [-0.39, 0.29) is 11.9 Å². The first-order valence-corrected chi connectivity index (χ1v) is 9.41. The van der Waals surface area contributed by atoms with Crippen molar-refractivity contribution in [3.8, 4) is 0 Å². The fourth-order valence-electron chi connectivity index (χ4n) is 3.75. The predicted octanol–water partition coefficient (Wildman–Crippen LogP) is -0.315. The van der Waals surface area contributed by atoms with E-state index in [1.807, 2.05) is 21.8 Å². The first-order chi connectivity index (χ1) is 12.8. The molecule has 4 heterocycles. The highest BCUT2D eigenvalue weighted by Crippen LogP contribution is 2.20. The Kier molecular flexibility index (Phi) is 5.26. The van der Waals surface area contributed by atoms with Crippen molar-refractivity contribution in [3.05, 3.63) is 30.4 Å². The second kappa shape index (κ2) is 7.96. The number of rotatable bonds is 6. The first-order valence-electron chi connectivity index (χ1n) is 9.41. The lowest BCUT2D eigenvalue weighted by atomic mass is 10.2. The minimum Gasteiger partial charge on any atom is -0.332 e. The third-order valence-corrected chi connectivity index (χ3v) is 5.21.